The van der Waals surface area contributed by atoms with Crippen LogP contribution in [-0.4, -0.2) is 34.9 Å². The molecule has 1 unspecified atom stereocenters. The van der Waals surface area contributed by atoms with Gasteiger partial charge < -0.3 is 10.2 Å². The van der Waals surface area contributed by atoms with Crippen LogP contribution in [0.4, 0.5) is 5.69 Å². The summed E-state index contributed by atoms with van der Waals surface area (Å²) in [6.45, 7) is 5.91. The van der Waals surface area contributed by atoms with E-state index in [0.717, 1.165) is 44.5 Å². The second-order valence-electron chi connectivity index (χ2n) is 5.39. The van der Waals surface area contributed by atoms with Crippen molar-refractivity contribution in [2.24, 2.45) is 0 Å². The lowest BCUT2D eigenvalue weighted by molar-refractivity contribution is 0.0601. The van der Waals surface area contributed by atoms with Crippen molar-refractivity contribution >= 4 is 11.6 Å². The quantitative estimate of drug-likeness (QED) is 0.896. The monoisotopic (exact) mass is 275 g/mol. The lowest BCUT2D eigenvalue weighted by Gasteiger charge is -2.36. The third kappa shape index (κ3) is 3.30. The van der Waals surface area contributed by atoms with E-state index in [0.29, 0.717) is 11.6 Å². The Labute approximate surface area is 121 Å². The number of carbonyl (C=O) groups is 1. The summed E-state index contributed by atoms with van der Waals surface area (Å²) in [6.07, 6.45) is 9.14. The van der Waals surface area contributed by atoms with Crippen molar-refractivity contribution in [1.82, 2.24) is 9.88 Å². The zero-order valence-electron chi connectivity index (χ0n) is 12.6. The molecule has 110 valence electrons. The fourth-order valence-electron chi connectivity index (χ4n) is 2.97. The minimum absolute atomic E-state index is 0.132. The van der Waals surface area contributed by atoms with E-state index in [2.05, 4.69) is 22.1 Å². The van der Waals surface area contributed by atoms with Gasteiger partial charge in [0.05, 0.1) is 11.3 Å². The standard InChI is InChI=1S/C16H25N3O/c1-3-7-13-8-5-6-11-19(13)16(20)14-12-17-10-9-15(14)18-4-2/h9-10,12-13H,3-8,11H2,1-2H3,(H,17,18). The topological polar surface area (TPSA) is 45.2 Å². The number of hydrogen-bond acceptors (Lipinski definition) is 3. The molecule has 4 heteroatoms. The summed E-state index contributed by atoms with van der Waals surface area (Å²) in [7, 11) is 0. The number of rotatable bonds is 5. The van der Waals surface area contributed by atoms with Gasteiger partial charge in [-0.3, -0.25) is 9.78 Å². The number of pyridine rings is 1. The number of anilines is 1. The first kappa shape index (κ1) is 14.8. The molecule has 20 heavy (non-hydrogen) atoms. The van der Waals surface area contributed by atoms with E-state index in [1.807, 2.05) is 13.0 Å². The Morgan fingerprint density at radius 2 is 2.30 bits per heavy atom. The maximum absolute atomic E-state index is 12.8. The van der Waals surface area contributed by atoms with Gasteiger partial charge in [-0.15, -0.1) is 0 Å². The molecule has 1 saturated heterocycles. The van der Waals surface area contributed by atoms with E-state index >= 15 is 0 Å². The molecule has 2 heterocycles. The van der Waals surface area contributed by atoms with Crippen molar-refractivity contribution in [2.45, 2.75) is 52.0 Å². The van der Waals surface area contributed by atoms with Crippen molar-refractivity contribution in [1.29, 1.82) is 0 Å². The molecule has 0 bridgehead atoms. The van der Waals surface area contributed by atoms with Crippen LogP contribution in [0.5, 0.6) is 0 Å². The Morgan fingerprint density at radius 1 is 1.45 bits per heavy atom. The second-order valence-corrected chi connectivity index (χ2v) is 5.39. The number of amides is 1. The molecule has 1 aromatic heterocycles. The first-order valence-electron chi connectivity index (χ1n) is 7.76. The molecule has 1 aromatic rings. The number of carbonyl (C=O) groups excluding carboxylic acids is 1. The second kappa shape index (κ2) is 7.27. The Hall–Kier alpha value is -1.58. The van der Waals surface area contributed by atoms with Crippen LogP contribution >= 0.6 is 0 Å². The average Bonchev–Trinajstić information content (AvgIpc) is 2.48. The highest BCUT2D eigenvalue weighted by Crippen LogP contribution is 2.25. The third-order valence-corrected chi connectivity index (χ3v) is 3.93. The maximum Gasteiger partial charge on any atom is 0.257 e. The molecular weight excluding hydrogens is 250 g/mol. The number of piperidine rings is 1. The van der Waals surface area contributed by atoms with Gasteiger partial charge in [-0.2, -0.15) is 0 Å². The number of nitrogens with zero attached hydrogens (tertiary/aromatic N) is 2. The number of hydrogen-bond donors (Lipinski definition) is 1. The molecule has 0 aliphatic carbocycles. The molecule has 1 fully saturated rings. The zero-order valence-corrected chi connectivity index (χ0v) is 12.6. The molecule has 1 N–H and O–H groups in total. The Kier molecular flexibility index (Phi) is 5.39. The van der Waals surface area contributed by atoms with Crippen LogP contribution in [0.2, 0.25) is 0 Å². The van der Waals surface area contributed by atoms with Gasteiger partial charge in [0, 0.05) is 31.5 Å². The van der Waals surface area contributed by atoms with E-state index in [9.17, 15) is 4.79 Å². The van der Waals surface area contributed by atoms with E-state index < -0.39 is 0 Å². The molecule has 0 spiro atoms. The summed E-state index contributed by atoms with van der Waals surface area (Å²) >= 11 is 0. The van der Waals surface area contributed by atoms with E-state index in [4.69, 9.17) is 0 Å². The smallest absolute Gasteiger partial charge is 0.257 e. The van der Waals surface area contributed by atoms with Gasteiger partial charge in [0.1, 0.15) is 0 Å². The van der Waals surface area contributed by atoms with Crippen molar-refractivity contribution < 1.29 is 4.79 Å². The lowest BCUT2D eigenvalue weighted by atomic mass is 9.97. The van der Waals surface area contributed by atoms with Crippen LogP contribution < -0.4 is 5.32 Å². The molecule has 1 aliphatic rings. The van der Waals surface area contributed by atoms with E-state index in [1.165, 1.54) is 6.42 Å². The molecule has 0 aromatic carbocycles. The van der Waals surface area contributed by atoms with Gasteiger partial charge >= 0.3 is 0 Å². The van der Waals surface area contributed by atoms with Crippen molar-refractivity contribution in [2.75, 3.05) is 18.4 Å². The van der Waals surface area contributed by atoms with E-state index in [1.54, 1.807) is 12.4 Å². The molecule has 0 saturated carbocycles. The van der Waals surface area contributed by atoms with E-state index in [-0.39, 0.29) is 5.91 Å². The van der Waals surface area contributed by atoms with Crippen molar-refractivity contribution in [3.63, 3.8) is 0 Å². The first-order valence-corrected chi connectivity index (χ1v) is 7.76. The molecule has 1 amide bonds. The minimum Gasteiger partial charge on any atom is -0.385 e. The van der Waals surface area contributed by atoms with Crippen LogP contribution in [0.15, 0.2) is 18.5 Å². The third-order valence-electron chi connectivity index (χ3n) is 3.93. The van der Waals surface area contributed by atoms with Crippen LogP contribution in [0.1, 0.15) is 56.3 Å². The normalized spacial score (nSPS) is 18.9. The van der Waals surface area contributed by atoms with Gasteiger partial charge in [-0.1, -0.05) is 13.3 Å². The summed E-state index contributed by atoms with van der Waals surface area (Å²) in [4.78, 5) is 19.0. The van der Waals surface area contributed by atoms with Crippen LogP contribution in [0.25, 0.3) is 0 Å². The fourth-order valence-corrected chi connectivity index (χ4v) is 2.97. The number of nitrogens with one attached hydrogen (secondary N) is 1. The van der Waals surface area contributed by atoms with Crippen LogP contribution in [0, 0.1) is 0 Å². The first-order chi connectivity index (χ1) is 9.77. The Balaban J connectivity index is 2.20. The van der Waals surface area contributed by atoms with Crippen LogP contribution in [-0.2, 0) is 0 Å². The Morgan fingerprint density at radius 3 is 3.05 bits per heavy atom. The fraction of sp³-hybridized carbons (Fsp3) is 0.625. The Bertz CT molecular complexity index is 445. The molecular formula is C16H25N3O. The maximum atomic E-state index is 12.8. The summed E-state index contributed by atoms with van der Waals surface area (Å²) in [5.74, 6) is 0.132. The van der Waals surface area contributed by atoms with Gasteiger partial charge in [0.2, 0.25) is 0 Å². The van der Waals surface area contributed by atoms with Crippen molar-refractivity contribution in [3.05, 3.63) is 24.0 Å². The lowest BCUT2D eigenvalue weighted by Crippen LogP contribution is -2.43. The molecule has 2 rings (SSSR count). The summed E-state index contributed by atoms with van der Waals surface area (Å²) < 4.78 is 0. The van der Waals surface area contributed by atoms with Gasteiger partial charge in [-0.05, 0) is 38.7 Å². The SMILES string of the molecule is CCCC1CCCCN1C(=O)c1cnccc1NCC. The molecule has 1 aliphatic heterocycles. The van der Waals surface area contributed by atoms with Crippen LogP contribution in [0.3, 0.4) is 0 Å². The van der Waals surface area contributed by atoms with Gasteiger partial charge in [-0.25, -0.2) is 0 Å². The average molecular weight is 275 g/mol. The molecule has 1 atom stereocenters. The zero-order chi connectivity index (χ0) is 14.4. The molecule has 4 nitrogen and oxygen atoms in total. The highest BCUT2D eigenvalue weighted by Gasteiger charge is 2.28. The van der Waals surface area contributed by atoms with Gasteiger partial charge in [0.15, 0.2) is 0 Å². The summed E-state index contributed by atoms with van der Waals surface area (Å²) in [6, 6.07) is 2.28. The number of aromatic nitrogens is 1. The predicted octanol–water partition coefficient (Wildman–Crippen LogP) is 3.31. The van der Waals surface area contributed by atoms with Crippen molar-refractivity contribution in [3.8, 4) is 0 Å². The highest BCUT2D eigenvalue weighted by molar-refractivity contribution is 5.99. The largest absolute Gasteiger partial charge is 0.385 e. The van der Waals surface area contributed by atoms with Gasteiger partial charge in [0.25, 0.3) is 5.91 Å². The number of likely N-dealkylation sites (tertiary alicyclic amines) is 1. The minimum atomic E-state index is 0.132. The highest BCUT2D eigenvalue weighted by atomic mass is 16.2. The summed E-state index contributed by atoms with van der Waals surface area (Å²) in [5, 5.41) is 3.26. The predicted molar refractivity (Wildman–Crippen MR) is 82.0 cm³/mol. The molecule has 0 radical (unpaired) electrons. The summed E-state index contributed by atoms with van der Waals surface area (Å²) in [5.41, 5.74) is 1.60.